The van der Waals surface area contributed by atoms with Crippen molar-refractivity contribution in [3.8, 4) is 0 Å². The average Bonchev–Trinajstić information content (AvgIpc) is 2.33. The first kappa shape index (κ1) is 12.6. The summed E-state index contributed by atoms with van der Waals surface area (Å²) in [6, 6.07) is 7.02. The lowest BCUT2D eigenvalue weighted by Crippen LogP contribution is -2.41. The third-order valence-corrected chi connectivity index (χ3v) is 3.83. The normalized spacial score (nSPS) is 21.7. The van der Waals surface area contributed by atoms with E-state index in [0.29, 0.717) is 12.6 Å². The van der Waals surface area contributed by atoms with Gasteiger partial charge in [0.15, 0.2) is 0 Å². The number of nitrogens with zero attached hydrogens (tertiary/aromatic N) is 1. The summed E-state index contributed by atoms with van der Waals surface area (Å²) in [5.41, 5.74) is 4.09. The Hall–Kier alpha value is -0.860. The Bertz CT molecular complexity index is 375. The van der Waals surface area contributed by atoms with E-state index in [9.17, 15) is 5.11 Å². The molecule has 0 radical (unpaired) electrons. The first-order chi connectivity index (χ1) is 8.20. The number of likely N-dealkylation sites (tertiary alicyclic amines) is 1. The summed E-state index contributed by atoms with van der Waals surface area (Å²) < 4.78 is 0. The smallest absolute Gasteiger partial charge is 0.0586 e. The fourth-order valence-electron chi connectivity index (χ4n) is 2.72. The van der Waals surface area contributed by atoms with Crippen molar-refractivity contribution < 1.29 is 5.11 Å². The molecule has 1 atom stereocenters. The predicted octanol–water partition coefficient (Wildman–Crippen LogP) is 2.65. The highest BCUT2D eigenvalue weighted by molar-refractivity contribution is 5.30. The van der Waals surface area contributed by atoms with E-state index in [-0.39, 0.29) is 0 Å². The molecule has 1 aromatic carbocycles. The van der Waals surface area contributed by atoms with Crippen LogP contribution in [0.3, 0.4) is 0 Å². The van der Waals surface area contributed by atoms with Crippen LogP contribution in [0.4, 0.5) is 0 Å². The van der Waals surface area contributed by atoms with Gasteiger partial charge in [0.05, 0.1) is 6.61 Å². The Labute approximate surface area is 104 Å². The van der Waals surface area contributed by atoms with E-state index < -0.39 is 0 Å². The first-order valence-corrected chi connectivity index (χ1v) is 6.61. The topological polar surface area (TPSA) is 23.5 Å². The van der Waals surface area contributed by atoms with E-state index in [4.69, 9.17) is 0 Å². The minimum Gasteiger partial charge on any atom is -0.395 e. The summed E-state index contributed by atoms with van der Waals surface area (Å²) in [5.74, 6) is 0. The summed E-state index contributed by atoms with van der Waals surface area (Å²) in [6.45, 7) is 6.72. The second kappa shape index (κ2) is 5.65. The van der Waals surface area contributed by atoms with Crippen molar-refractivity contribution in [3.05, 3.63) is 34.9 Å². The highest BCUT2D eigenvalue weighted by Crippen LogP contribution is 2.21. The molecule has 0 amide bonds. The van der Waals surface area contributed by atoms with Crippen molar-refractivity contribution >= 4 is 0 Å². The number of aliphatic hydroxyl groups is 1. The van der Waals surface area contributed by atoms with Gasteiger partial charge < -0.3 is 5.11 Å². The molecule has 17 heavy (non-hydrogen) atoms. The predicted molar refractivity (Wildman–Crippen MR) is 71.1 cm³/mol. The molecule has 1 aliphatic rings. The molecule has 2 heteroatoms. The molecule has 1 aromatic rings. The SMILES string of the molecule is Cc1ccc(CN2CCCC[C@@H]2CO)c(C)c1. The fraction of sp³-hybridized carbons (Fsp3) is 0.600. The van der Waals surface area contributed by atoms with Crippen LogP contribution in [0, 0.1) is 13.8 Å². The van der Waals surface area contributed by atoms with Crippen LogP contribution >= 0.6 is 0 Å². The third kappa shape index (κ3) is 3.08. The summed E-state index contributed by atoms with van der Waals surface area (Å²) >= 11 is 0. The minimum absolute atomic E-state index is 0.297. The van der Waals surface area contributed by atoms with E-state index in [2.05, 4.69) is 36.9 Å². The standard InChI is InChI=1S/C15H23NO/c1-12-6-7-14(13(2)9-12)10-16-8-4-3-5-15(16)11-17/h6-7,9,15,17H,3-5,8,10-11H2,1-2H3/t15-/m1/s1. The largest absolute Gasteiger partial charge is 0.395 e. The Balaban J connectivity index is 2.08. The Kier molecular flexibility index (Phi) is 4.19. The van der Waals surface area contributed by atoms with Gasteiger partial charge in [-0.25, -0.2) is 0 Å². The van der Waals surface area contributed by atoms with Crippen LogP contribution in [0.15, 0.2) is 18.2 Å². The van der Waals surface area contributed by atoms with Crippen LogP contribution in [0.5, 0.6) is 0 Å². The maximum atomic E-state index is 9.41. The van der Waals surface area contributed by atoms with Gasteiger partial charge in [0.1, 0.15) is 0 Å². The summed E-state index contributed by atoms with van der Waals surface area (Å²) in [5, 5.41) is 9.41. The fourth-order valence-corrected chi connectivity index (χ4v) is 2.72. The lowest BCUT2D eigenvalue weighted by atomic mass is 10.00. The van der Waals surface area contributed by atoms with Gasteiger partial charge in [-0.15, -0.1) is 0 Å². The van der Waals surface area contributed by atoms with Gasteiger partial charge in [0, 0.05) is 12.6 Å². The Morgan fingerprint density at radius 3 is 2.82 bits per heavy atom. The molecule has 0 aliphatic carbocycles. The number of aryl methyl sites for hydroxylation is 2. The number of rotatable bonds is 3. The quantitative estimate of drug-likeness (QED) is 0.867. The molecule has 0 saturated carbocycles. The van der Waals surface area contributed by atoms with Crippen LogP contribution in [-0.2, 0) is 6.54 Å². The van der Waals surface area contributed by atoms with E-state index in [0.717, 1.165) is 19.5 Å². The van der Waals surface area contributed by atoms with Gasteiger partial charge in [-0.1, -0.05) is 30.2 Å². The van der Waals surface area contributed by atoms with Crippen LogP contribution in [-0.4, -0.2) is 29.2 Å². The molecule has 0 spiro atoms. The molecular weight excluding hydrogens is 210 g/mol. The summed E-state index contributed by atoms with van der Waals surface area (Å²) in [7, 11) is 0. The molecule has 2 nitrogen and oxygen atoms in total. The van der Waals surface area contributed by atoms with Crippen molar-refractivity contribution in [2.45, 2.75) is 45.7 Å². The van der Waals surface area contributed by atoms with Crippen molar-refractivity contribution in [1.82, 2.24) is 4.90 Å². The number of hydrogen-bond acceptors (Lipinski definition) is 2. The summed E-state index contributed by atoms with van der Waals surface area (Å²) in [4.78, 5) is 2.43. The van der Waals surface area contributed by atoms with Crippen molar-refractivity contribution in [2.24, 2.45) is 0 Å². The lowest BCUT2D eigenvalue weighted by molar-refractivity contribution is 0.0839. The number of aliphatic hydroxyl groups excluding tert-OH is 1. The van der Waals surface area contributed by atoms with E-state index >= 15 is 0 Å². The van der Waals surface area contributed by atoms with Gasteiger partial charge in [0.2, 0.25) is 0 Å². The second-order valence-electron chi connectivity index (χ2n) is 5.23. The zero-order chi connectivity index (χ0) is 12.3. The van der Waals surface area contributed by atoms with Crippen molar-refractivity contribution in [3.63, 3.8) is 0 Å². The van der Waals surface area contributed by atoms with Gasteiger partial charge in [-0.2, -0.15) is 0 Å². The maximum absolute atomic E-state index is 9.41. The number of benzene rings is 1. The van der Waals surface area contributed by atoms with Gasteiger partial charge in [-0.3, -0.25) is 4.90 Å². The van der Waals surface area contributed by atoms with Crippen LogP contribution in [0.2, 0.25) is 0 Å². The van der Waals surface area contributed by atoms with Crippen molar-refractivity contribution in [2.75, 3.05) is 13.2 Å². The van der Waals surface area contributed by atoms with E-state index in [1.54, 1.807) is 0 Å². The van der Waals surface area contributed by atoms with Gasteiger partial charge >= 0.3 is 0 Å². The Morgan fingerprint density at radius 2 is 2.12 bits per heavy atom. The Morgan fingerprint density at radius 1 is 1.29 bits per heavy atom. The van der Waals surface area contributed by atoms with Crippen LogP contribution < -0.4 is 0 Å². The molecule has 0 aromatic heterocycles. The minimum atomic E-state index is 0.297. The zero-order valence-electron chi connectivity index (χ0n) is 10.9. The molecule has 0 bridgehead atoms. The zero-order valence-corrected chi connectivity index (χ0v) is 10.9. The molecule has 2 rings (SSSR count). The van der Waals surface area contributed by atoms with Gasteiger partial charge in [-0.05, 0) is 44.4 Å². The third-order valence-electron chi connectivity index (χ3n) is 3.83. The molecule has 1 fully saturated rings. The lowest BCUT2D eigenvalue weighted by Gasteiger charge is -2.34. The molecule has 1 N–H and O–H groups in total. The van der Waals surface area contributed by atoms with Crippen LogP contribution in [0.1, 0.15) is 36.0 Å². The number of hydrogen-bond donors (Lipinski definition) is 1. The van der Waals surface area contributed by atoms with E-state index in [1.807, 2.05) is 0 Å². The molecule has 1 aliphatic heterocycles. The second-order valence-corrected chi connectivity index (χ2v) is 5.23. The summed E-state index contributed by atoms with van der Waals surface area (Å²) in [6.07, 6.45) is 3.66. The average molecular weight is 233 g/mol. The number of piperidine rings is 1. The molecule has 1 heterocycles. The highest BCUT2D eigenvalue weighted by atomic mass is 16.3. The van der Waals surface area contributed by atoms with E-state index in [1.165, 1.54) is 29.5 Å². The molecule has 1 saturated heterocycles. The van der Waals surface area contributed by atoms with Crippen molar-refractivity contribution in [1.29, 1.82) is 0 Å². The monoisotopic (exact) mass is 233 g/mol. The first-order valence-electron chi connectivity index (χ1n) is 6.61. The highest BCUT2D eigenvalue weighted by Gasteiger charge is 2.21. The maximum Gasteiger partial charge on any atom is 0.0586 e. The van der Waals surface area contributed by atoms with Gasteiger partial charge in [0.25, 0.3) is 0 Å². The van der Waals surface area contributed by atoms with Crippen LogP contribution in [0.25, 0.3) is 0 Å². The molecule has 0 unspecified atom stereocenters. The molecule has 94 valence electrons. The molecular formula is C15H23NO.